The summed E-state index contributed by atoms with van der Waals surface area (Å²) in [7, 11) is 0. The summed E-state index contributed by atoms with van der Waals surface area (Å²) < 4.78 is 2.35. The number of amides is 1. The van der Waals surface area contributed by atoms with Crippen molar-refractivity contribution in [1.82, 2.24) is 19.4 Å². The average molecular weight is 385 g/mol. The number of piperidine rings is 1. The van der Waals surface area contributed by atoms with Crippen LogP contribution in [0.2, 0.25) is 0 Å². The molecule has 0 radical (unpaired) electrons. The van der Waals surface area contributed by atoms with Crippen LogP contribution in [0.15, 0.2) is 24.3 Å². The van der Waals surface area contributed by atoms with E-state index in [0.717, 1.165) is 43.8 Å². The van der Waals surface area contributed by atoms with Gasteiger partial charge >= 0.3 is 0 Å². The van der Waals surface area contributed by atoms with Crippen LogP contribution in [-0.2, 0) is 11.3 Å². The molecule has 2 heterocycles. The molecule has 3 rings (SSSR count). The second-order valence-electron chi connectivity index (χ2n) is 8.96. The van der Waals surface area contributed by atoms with Gasteiger partial charge in [-0.05, 0) is 79.6 Å². The number of nitrogens with zero attached hydrogens (tertiary/aromatic N) is 4. The monoisotopic (exact) mass is 384 g/mol. The predicted octanol–water partition coefficient (Wildman–Crippen LogP) is 4.47. The highest BCUT2D eigenvalue weighted by Gasteiger charge is 2.31. The number of imidazole rings is 1. The zero-order valence-electron chi connectivity index (χ0n) is 18.4. The fraction of sp³-hybridized carbons (Fsp3) is 0.652. The number of hydrogen-bond acceptors (Lipinski definition) is 3. The summed E-state index contributed by atoms with van der Waals surface area (Å²) in [5, 5.41) is 0. The number of carbonyl (C=O) groups excluding carboxylic acids is 1. The first-order chi connectivity index (χ1) is 13.3. The van der Waals surface area contributed by atoms with Crippen molar-refractivity contribution in [2.75, 3.05) is 13.1 Å². The molecule has 1 aromatic heterocycles. The SMILES string of the molecule is CC(C)N(C(=O)C1CCN(Cc2nc3ccccc3n2C(C)C)CC1)C(C)C. The van der Waals surface area contributed by atoms with E-state index in [1.54, 1.807) is 0 Å². The Bertz CT molecular complexity index is 792. The Morgan fingerprint density at radius 2 is 1.68 bits per heavy atom. The topological polar surface area (TPSA) is 41.4 Å². The molecule has 154 valence electrons. The summed E-state index contributed by atoms with van der Waals surface area (Å²) in [5.74, 6) is 1.62. The van der Waals surface area contributed by atoms with Crippen LogP contribution in [0.1, 0.15) is 66.3 Å². The van der Waals surface area contributed by atoms with Gasteiger partial charge in [-0.3, -0.25) is 9.69 Å². The van der Waals surface area contributed by atoms with E-state index in [2.05, 4.69) is 80.2 Å². The zero-order valence-corrected chi connectivity index (χ0v) is 18.4. The number of aromatic nitrogens is 2. The smallest absolute Gasteiger partial charge is 0.226 e. The number of benzene rings is 1. The highest BCUT2D eigenvalue weighted by Crippen LogP contribution is 2.26. The van der Waals surface area contributed by atoms with Gasteiger partial charge in [-0.25, -0.2) is 4.98 Å². The minimum Gasteiger partial charge on any atom is -0.338 e. The summed E-state index contributed by atoms with van der Waals surface area (Å²) >= 11 is 0. The Kier molecular flexibility index (Phi) is 6.43. The van der Waals surface area contributed by atoms with Crippen molar-refractivity contribution >= 4 is 16.9 Å². The molecular weight excluding hydrogens is 348 g/mol. The van der Waals surface area contributed by atoms with Crippen molar-refractivity contribution in [1.29, 1.82) is 0 Å². The lowest BCUT2D eigenvalue weighted by Crippen LogP contribution is -2.48. The molecule has 0 atom stereocenters. The maximum atomic E-state index is 13.0. The minimum atomic E-state index is 0.157. The molecule has 0 unspecified atom stereocenters. The Labute approximate surface area is 169 Å². The van der Waals surface area contributed by atoms with Gasteiger partial charge < -0.3 is 9.47 Å². The Balaban J connectivity index is 1.67. The van der Waals surface area contributed by atoms with Gasteiger partial charge in [-0.15, -0.1) is 0 Å². The molecule has 28 heavy (non-hydrogen) atoms. The Hall–Kier alpha value is -1.88. The lowest BCUT2D eigenvalue weighted by atomic mass is 9.94. The summed E-state index contributed by atoms with van der Waals surface area (Å²) in [6.07, 6.45) is 1.88. The largest absolute Gasteiger partial charge is 0.338 e. The van der Waals surface area contributed by atoms with Gasteiger partial charge in [0.15, 0.2) is 0 Å². The zero-order chi connectivity index (χ0) is 20.4. The second kappa shape index (κ2) is 8.64. The molecule has 0 spiro atoms. The van der Waals surface area contributed by atoms with Crippen molar-refractivity contribution in [3.8, 4) is 0 Å². The van der Waals surface area contributed by atoms with E-state index in [9.17, 15) is 4.79 Å². The van der Waals surface area contributed by atoms with Crippen LogP contribution < -0.4 is 0 Å². The van der Waals surface area contributed by atoms with Gasteiger partial charge in [0.05, 0.1) is 17.6 Å². The highest BCUT2D eigenvalue weighted by atomic mass is 16.2. The molecule has 5 nitrogen and oxygen atoms in total. The Morgan fingerprint density at radius 3 is 2.25 bits per heavy atom. The number of para-hydroxylation sites is 2. The van der Waals surface area contributed by atoms with E-state index < -0.39 is 0 Å². The molecule has 1 aromatic carbocycles. The molecular formula is C23H36N4O. The lowest BCUT2D eigenvalue weighted by molar-refractivity contribution is -0.140. The summed E-state index contributed by atoms with van der Waals surface area (Å²) in [6.45, 7) is 15.7. The standard InChI is InChI=1S/C23H36N4O/c1-16(2)26(17(3)4)23(28)19-11-13-25(14-12-19)15-22-24-20-9-7-8-10-21(20)27(22)18(5)6/h7-10,16-19H,11-15H2,1-6H3. The molecule has 1 aliphatic heterocycles. The molecule has 0 aliphatic carbocycles. The summed E-state index contributed by atoms with van der Waals surface area (Å²) in [6, 6.07) is 9.29. The third-order valence-corrected chi connectivity index (χ3v) is 5.85. The molecule has 0 N–H and O–H groups in total. The van der Waals surface area contributed by atoms with Gasteiger partial charge in [0.1, 0.15) is 5.82 Å². The summed E-state index contributed by atoms with van der Waals surface area (Å²) in [5.41, 5.74) is 2.28. The third kappa shape index (κ3) is 4.24. The molecule has 1 amide bonds. The van der Waals surface area contributed by atoms with Gasteiger partial charge in [-0.2, -0.15) is 0 Å². The predicted molar refractivity (Wildman–Crippen MR) is 115 cm³/mol. The van der Waals surface area contributed by atoms with E-state index in [4.69, 9.17) is 4.98 Å². The molecule has 5 heteroatoms. The number of rotatable bonds is 6. The quantitative estimate of drug-likeness (QED) is 0.738. The van der Waals surface area contributed by atoms with Gasteiger partial charge in [0.2, 0.25) is 5.91 Å². The summed E-state index contributed by atoms with van der Waals surface area (Å²) in [4.78, 5) is 22.4. The normalized spacial score (nSPS) is 16.6. The molecule has 2 aromatic rings. The molecule has 1 fully saturated rings. The van der Waals surface area contributed by atoms with Gasteiger partial charge in [-0.1, -0.05) is 12.1 Å². The van der Waals surface area contributed by atoms with E-state index in [0.29, 0.717) is 11.9 Å². The van der Waals surface area contributed by atoms with Crippen molar-refractivity contribution in [3.05, 3.63) is 30.1 Å². The van der Waals surface area contributed by atoms with E-state index in [-0.39, 0.29) is 18.0 Å². The van der Waals surface area contributed by atoms with Crippen molar-refractivity contribution in [2.24, 2.45) is 5.92 Å². The van der Waals surface area contributed by atoms with Crippen LogP contribution in [-0.4, -0.2) is 50.4 Å². The fourth-order valence-corrected chi connectivity index (χ4v) is 4.64. The maximum Gasteiger partial charge on any atom is 0.226 e. The number of hydrogen-bond donors (Lipinski definition) is 0. The van der Waals surface area contributed by atoms with Crippen LogP contribution in [0.5, 0.6) is 0 Å². The number of likely N-dealkylation sites (tertiary alicyclic amines) is 1. The average Bonchev–Trinajstić information content (AvgIpc) is 2.99. The highest BCUT2D eigenvalue weighted by molar-refractivity contribution is 5.79. The van der Waals surface area contributed by atoms with Gasteiger partial charge in [0.25, 0.3) is 0 Å². The van der Waals surface area contributed by atoms with Gasteiger partial charge in [0, 0.05) is 24.0 Å². The van der Waals surface area contributed by atoms with Crippen LogP contribution in [0.25, 0.3) is 11.0 Å². The van der Waals surface area contributed by atoms with E-state index in [1.807, 2.05) is 0 Å². The van der Waals surface area contributed by atoms with Crippen LogP contribution in [0.3, 0.4) is 0 Å². The molecule has 0 bridgehead atoms. The van der Waals surface area contributed by atoms with Crippen molar-refractivity contribution < 1.29 is 4.79 Å². The van der Waals surface area contributed by atoms with Crippen LogP contribution in [0.4, 0.5) is 0 Å². The Morgan fingerprint density at radius 1 is 1.07 bits per heavy atom. The first kappa shape index (κ1) is 20.8. The lowest BCUT2D eigenvalue weighted by Gasteiger charge is -2.37. The van der Waals surface area contributed by atoms with E-state index in [1.165, 1.54) is 5.52 Å². The molecule has 1 aliphatic rings. The third-order valence-electron chi connectivity index (χ3n) is 5.85. The molecule has 0 saturated carbocycles. The molecule has 1 saturated heterocycles. The van der Waals surface area contributed by atoms with Crippen LogP contribution in [0, 0.1) is 5.92 Å². The first-order valence-corrected chi connectivity index (χ1v) is 10.8. The minimum absolute atomic E-state index is 0.157. The van der Waals surface area contributed by atoms with Crippen molar-refractivity contribution in [2.45, 2.75) is 79.1 Å². The van der Waals surface area contributed by atoms with E-state index >= 15 is 0 Å². The van der Waals surface area contributed by atoms with Crippen molar-refractivity contribution in [3.63, 3.8) is 0 Å². The maximum absolute atomic E-state index is 13.0. The second-order valence-corrected chi connectivity index (χ2v) is 8.96. The number of carbonyl (C=O) groups is 1. The van der Waals surface area contributed by atoms with Crippen LogP contribution >= 0.6 is 0 Å². The number of fused-ring (bicyclic) bond motifs is 1. The fourth-order valence-electron chi connectivity index (χ4n) is 4.64. The first-order valence-electron chi connectivity index (χ1n) is 10.8.